The van der Waals surface area contributed by atoms with Crippen molar-refractivity contribution >= 4 is 5.82 Å². The molecule has 0 saturated heterocycles. The third-order valence-electron chi connectivity index (χ3n) is 3.90. The lowest BCUT2D eigenvalue weighted by Crippen LogP contribution is -2.16. The topological polar surface area (TPSA) is 125 Å². The molecule has 1 aromatic heterocycles. The molecule has 1 heterocycles. The molecule has 0 aliphatic heterocycles. The third kappa shape index (κ3) is 3.89. The molecule has 7 nitrogen and oxygen atoms in total. The predicted octanol–water partition coefficient (Wildman–Crippen LogP) is 3.06. The van der Waals surface area contributed by atoms with E-state index in [4.69, 9.17) is 15.2 Å². The second kappa shape index (κ2) is 9.11. The first kappa shape index (κ1) is 20.3. The van der Waals surface area contributed by atoms with Gasteiger partial charge in [-0.25, -0.2) is 0 Å². The zero-order valence-corrected chi connectivity index (χ0v) is 15.5. The maximum Gasteiger partial charge on any atom is 0.268 e. The standard InChI is InChI=1S/C21H20N4O3/c1-4-7-13-9-14(10-17(27-6-3)19(13)28-8-5-2)18-15(11-22)20(24)25-21(26)16(18)12-23/h4-5,9-10H,1-2,6-8H2,3H3,(H3,24,25,26). The van der Waals surface area contributed by atoms with Gasteiger partial charge in [-0.3, -0.25) is 4.79 Å². The largest absolute Gasteiger partial charge is 0.490 e. The number of rotatable bonds is 8. The number of nitriles is 2. The maximum absolute atomic E-state index is 12.2. The fraction of sp³-hybridized carbons (Fsp3) is 0.190. The van der Waals surface area contributed by atoms with Crippen molar-refractivity contribution in [2.45, 2.75) is 13.3 Å². The number of anilines is 1. The van der Waals surface area contributed by atoms with Crippen molar-refractivity contribution in [3.8, 4) is 34.8 Å². The summed E-state index contributed by atoms with van der Waals surface area (Å²) in [6.07, 6.45) is 3.75. The van der Waals surface area contributed by atoms with Crippen molar-refractivity contribution in [2.24, 2.45) is 0 Å². The number of aromatic amines is 1. The minimum Gasteiger partial charge on any atom is -0.490 e. The summed E-state index contributed by atoms with van der Waals surface area (Å²) in [7, 11) is 0. The molecular weight excluding hydrogens is 356 g/mol. The highest BCUT2D eigenvalue weighted by atomic mass is 16.5. The Hall–Kier alpha value is -3.97. The molecule has 3 N–H and O–H groups in total. The molecular formula is C21H20N4O3. The summed E-state index contributed by atoms with van der Waals surface area (Å²) in [4.78, 5) is 14.5. The molecule has 0 amide bonds. The maximum atomic E-state index is 12.2. The number of hydrogen-bond acceptors (Lipinski definition) is 6. The first-order valence-corrected chi connectivity index (χ1v) is 8.52. The van der Waals surface area contributed by atoms with E-state index in [1.165, 1.54) is 0 Å². The Morgan fingerprint density at radius 3 is 2.46 bits per heavy atom. The van der Waals surface area contributed by atoms with Crippen molar-refractivity contribution < 1.29 is 9.47 Å². The van der Waals surface area contributed by atoms with E-state index in [2.05, 4.69) is 18.1 Å². The summed E-state index contributed by atoms with van der Waals surface area (Å²) >= 11 is 0. The van der Waals surface area contributed by atoms with E-state index in [9.17, 15) is 15.3 Å². The number of nitrogens with two attached hydrogens (primary N) is 1. The zero-order valence-electron chi connectivity index (χ0n) is 15.5. The van der Waals surface area contributed by atoms with Crippen LogP contribution in [0.3, 0.4) is 0 Å². The SMILES string of the molecule is C=CCOc1c(CC=C)cc(-c2c(C#N)c(N)[nH]c(=O)c2C#N)cc1OCC. The van der Waals surface area contributed by atoms with Crippen molar-refractivity contribution in [2.75, 3.05) is 18.9 Å². The minimum atomic E-state index is -0.663. The van der Waals surface area contributed by atoms with E-state index in [-0.39, 0.29) is 29.1 Å². The van der Waals surface area contributed by atoms with Crippen LogP contribution in [0, 0.1) is 22.7 Å². The Morgan fingerprint density at radius 1 is 1.18 bits per heavy atom. The molecule has 0 radical (unpaired) electrons. The van der Waals surface area contributed by atoms with Gasteiger partial charge in [-0.05, 0) is 31.0 Å². The molecule has 7 heteroatoms. The van der Waals surface area contributed by atoms with E-state index < -0.39 is 5.56 Å². The van der Waals surface area contributed by atoms with Crippen LogP contribution in [0.15, 0.2) is 42.2 Å². The molecule has 0 aliphatic carbocycles. The number of nitrogen functional groups attached to an aromatic ring is 1. The number of allylic oxidation sites excluding steroid dienone is 1. The highest BCUT2D eigenvalue weighted by molar-refractivity contribution is 5.82. The number of ether oxygens (including phenoxy) is 2. The number of hydrogen-bond donors (Lipinski definition) is 2. The molecule has 0 spiro atoms. The Labute approximate surface area is 162 Å². The summed E-state index contributed by atoms with van der Waals surface area (Å²) in [5.41, 5.74) is 6.31. The Balaban J connectivity index is 2.89. The van der Waals surface area contributed by atoms with Gasteiger partial charge in [-0.2, -0.15) is 10.5 Å². The fourth-order valence-corrected chi connectivity index (χ4v) is 2.81. The van der Waals surface area contributed by atoms with Gasteiger partial charge in [0.25, 0.3) is 5.56 Å². The van der Waals surface area contributed by atoms with Gasteiger partial charge in [-0.1, -0.05) is 18.7 Å². The summed E-state index contributed by atoms with van der Waals surface area (Å²) in [6, 6.07) is 7.19. The summed E-state index contributed by atoms with van der Waals surface area (Å²) in [5, 5.41) is 19.0. The third-order valence-corrected chi connectivity index (χ3v) is 3.90. The lowest BCUT2D eigenvalue weighted by molar-refractivity contribution is 0.295. The molecule has 0 atom stereocenters. The summed E-state index contributed by atoms with van der Waals surface area (Å²) < 4.78 is 11.5. The van der Waals surface area contributed by atoms with Crippen LogP contribution in [-0.4, -0.2) is 18.2 Å². The van der Waals surface area contributed by atoms with Crippen molar-refractivity contribution in [3.63, 3.8) is 0 Å². The Morgan fingerprint density at radius 2 is 1.89 bits per heavy atom. The zero-order chi connectivity index (χ0) is 20.7. The second-order valence-electron chi connectivity index (χ2n) is 5.70. The first-order valence-electron chi connectivity index (χ1n) is 8.52. The fourth-order valence-electron chi connectivity index (χ4n) is 2.81. The van der Waals surface area contributed by atoms with Crippen molar-refractivity contribution in [3.05, 3.63) is 64.5 Å². The molecule has 1 aromatic carbocycles. The van der Waals surface area contributed by atoms with Gasteiger partial charge in [0, 0.05) is 11.1 Å². The Kier molecular flexibility index (Phi) is 6.62. The summed E-state index contributed by atoms with van der Waals surface area (Å²) in [5.74, 6) is 0.835. The van der Waals surface area contributed by atoms with Gasteiger partial charge in [0.05, 0.1) is 6.61 Å². The van der Waals surface area contributed by atoms with E-state index >= 15 is 0 Å². The highest BCUT2D eigenvalue weighted by Crippen LogP contribution is 2.39. The average molecular weight is 376 g/mol. The number of pyridine rings is 1. The number of benzene rings is 1. The normalized spacial score (nSPS) is 9.82. The molecule has 0 unspecified atom stereocenters. The molecule has 2 rings (SSSR count). The second-order valence-corrected chi connectivity index (χ2v) is 5.70. The smallest absolute Gasteiger partial charge is 0.268 e. The van der Waals surface area contributed by atoms with Gasteiger partial charge < -0.3 is 20.2 Å². The van der Waals surface area contributed by atoms with E-state index in [0.717, 1.165) is 5.56 Å². The van der Waals surface area contributed by atoms with Crippen LogP contribution in [0.4, 0.5) is 5.82 Å². The molecule has 142 valence electrons. The molecule has 0 bridgehead atoms. The molecule has 0 saturated carbocycles. The van der Waals surface area contributed by atoms with Gasteiger partial charge in [0.15, 0.2) is 11.5 Å². The number of nitrogens with one attached hydrogen (secondary N) is 1. The summed E-state index contributed by atoms with van der Waals surface area (Å²) in [6.45, 7) is 9.87. The average Bonchev–Trinajstić information content (AvgIpc) is 2.67. The highest BCUT2D eigenvalue weighted by Gasteiger charge is 2.21. The minimum absolute atomic E-state index is 0.0166. The van der Waals surface area contributed by atoms with Crippen LogP contribution < -0.4 is 20.8 Å². The van der Waals surface area contributed by atoms with Crippen LogP contribution in [0.2, 0.25) is 0 Å². The van der Waals surface area contributed by atoms with Gasteiger partial charge >= 0.3 is 0 Å². The van der Waals surface area contributed by atoms with Crippen LogP contribution >= 0.6 is 0 Å². The van der Waals surface area contributed by atoms with Gasteiger partial charge in [0.1, 0.15) is 35.7 Å². The lowest BCUT2D eigenvalue weighted by atomic mass is 9.94. The number of aromatic nitrogens is 1. The van der Waals surface area contributed by atoms with Crippen LogP contribution in [0.1, 0.15) is 23.6 Å². The molecule has 28 heavy (non-hydrogen) atoms. The van der Waals surface area contributed by atoms with Gasteiger partial charge in [0.2, 0.25) is 0 Å². The van der Waals surface area contributed by atoms with Crippen molar-refractivity contribution in [1.29, 1.82) is 10.5 Å². The molecule has 0 fully saturated rings. The molecule has 2 aromatic rings. The lowest BCUT2D eigenvalue weighted by Gasteiger charge is -2.18. The van der Waals surface area contributed by atoms with Crippen LogP contribution in [0.25, 0.3) is 11.1 Å². The van der Waals surface area contributed by atoms with Crippen LogP contribution in [0.5, 0.6) is 11.5 Å². The quantitative estimate of drug-likeness (QED) is 0.682. The predicted molar refractivity (Wildman–Crippen MR) is 107 cm³/mol. The van der Waals surface area contributed by atoms with Gasteiger partial charge in [-0.15, -0.1) is 6.58 Å². The van der Waals surface area contributed by atoms with Crippen molar-refractivity contribution in [1.82, 2.24) is 4.98 Å². The van der Waals surface area contributed by atoms with E-state index in [1.54, 1.807) is 24.3 Å². The first-order chi connectivity index (χ1) is 13.5. The number of H-pyrrole nitrogens is 1. The Bertz CT molecular complexity index is 1060. The number of nitrogens with zero attached hydrogens (tertiary/aromatic N) is 2. The van der Waals surface area contributed by atoms with Crippen LogP contribution in [-0.2, 0) is 6.42 Å². The molecule has 0 aliphatic rings. The van der Waals surface area contributed by atoms with E-state index in [0.29, 0.717) is 30.1 Å². The van der Waals surface area contributed by atoms with E-state index in [1.807, 2.05) is 19.1 Å². The monoisotopic (exact) mass is 376 g/mol.